The van der Waals surface area contributed by atoms with Gasteiger partial charge in [-0.1, -0.05) is 6.07 Å². The van der Waals surface area contributed by atoms with Crippen molar-refractivity contribution >= 4 is 11.4 Å². The van der Waals surface area contributed by atoms with E-state index in [0.717, 1.165) is 17.0 Å². The molecule has 0 radical (unpaired) electrons. The van der Waals surface area contributed by atoms with Crippen LogP contribution in [0.5, 0.6) is 11.5 Å². The van der Waals surface area contributed by atoms with E-state index in [1.165, 1.54) is 19.2 Å². The number of hydrogen-bond acceptors (Lipinski definition) is 5. The average molecular weight is 288 g/mol. The Balaban J connectivity index is 2.15. The second-order valence-electron chi connectivity index (χ2n) is 4.38. The molecule has 110 valence electrons. The number of benzene rings is 2. The molecule has 6 nitrogen and oxygen atoms in total. The fourth-order valence-corrected chi connectivity index (χ4v) is 1.91. The Morgan fingerprint density at radius 3 is 2.52 bits per heavy atom. The van der Waals surface area contributed by atoms with Crippen LogP contribution in [-0.2, 0) is 6.54 Å². The summed E-state index contributed by atoms with van der Waals surface area (Å²) in [6, 6.07) is 12.2. The van der Waals surface area contributed by atoms with Crippen molar-refractivity contribution in [1.29, 1.82) is 0 Å². The summed E-state index contributed by atoms with van der Waals surface area (Å²) in [5.41, 5.74) is 1.65. The zero-order chi connectivity index (χ0) is 15.2. The summed E-state index contributed by atoms with van der Waals surface area (Å²) in [5.74, 6) is 1.21. The van der Waals surface area contributed by atoms with Gasteiger partial charge in [0.2, 0.25) is 0 Å². The van der Waals surface area contributed by atoms with Crippen molar-refractivity contribution in [3.8, 4) is 11.5 Å². The molecule has 1 N–H and O–H groups in total. The van der Waals surface area contributed by atoms with Crippen LogP contribution in [0.2, 0.25) is 0 Å². The Morgan fingerprint density at radius 1 is 1.10 bits per heavy atom. The van der Waals surface area contributed by atoms with Crippen LogP contribution in [0.25, 0.3) is 0 Å². The minimum absolute atomic E-state index is 0.0109. The van der Waals surface area contributed by atoms with Gasteiger partial charge in [-0.05, 0) is 23.8 Å². The normalized spacial score (nSPS) is 10.0. The van der Waals surface area contributed by atoms with Crippen LogP contribution in [0.4, 0.5) is 11.4 Å². The van der Waals surface area contributed by atoms with Crippen LogP contribution in [0.3, 0.4) is 0 Å². The van der Waals surface area contributed by atoms with Gasteiger partial charge in [0, 0.05) is 24.4 Å². The van der Waals surface area contributed by atoms with Crippen LogP contribution in [0.1, 0.15) is 5.56 Å². The highest BCUT2D eigenvalue weighted by Crippen LogP contribution is 2.24. The molecule has 0 aromatic heterocycles. The maximum absolute atomic E-state index is 10.9. The monoisotopic (exact) mass is 288 g/mol. The minimum Gasteiger partial charge on any atom is -0.497 e. The maximum atomic E-state index is 10.9. The summed E-state index contributed by atoms with van der Waals surface area (Å²) in [6.45, 7) is 0.450. The maximum Gasteiger partial charge on any atom is 0.273 e. The molecule has 0 aliphatic rings. The summed E-state index contributed by atoms with van der Waals surface area (Å²) >= 11 is 0. The molecular formula is C15H16N2O4. The molecule has 21 heavy (non-hydrogen) atoms. The van der Waals surface area contributed by atoms with Gasteiger partial charge in [0.1, 0.15) is 11.5 Å². The topological polar surface area (TPSA) is 73.6 Å². The lowest BCUT2D eigenvalue weighted by atomic mass is 10.2. The van der Waals surface area contributed by atoms with E-state index in [2.05, 4.69) is 5.32 Å². The highest BCUT2D eigenvalue weighted by Gasteiger charge is 2.10. The first-order valence-corrected chi connectivity index (χ1v) is 6.32. The van der Waals surface area contributed by atoms with Crippen LogP contribution < -0.4 is 14.8 Å². The van der Waals surface area contributed by atoms with Gasteiger partial charge in [0.25, 0.3) is 5.69 Å². The zero-order valence-corrected chi connectivity index (χ0v) is 11.8. The minimum atomic E-state index is -0.433. The Labute approximate surface area is 122 Å². The average Bonchev–Trinajstić information content (AvgIpc) is 2.52. The van der Waals surface area contributed by atoms with Crippen LogP contribution in [0, 0.1) is 10.1 Å². The fourth-order valence-electron chi connectivity index (χ4n) is 1.91. The highest BCUT2D eigenvalue weighted by atomic mass is 16.6. The molecule has 0 aliphatic heterocycles. The van der Waals surface area contributed by atoms with Gasteiger partial charge in [-0.3, -0.25) is 10.1 Å². The lowest BCUT2D eigenvalue weighted by Gasteiger charge is -2.09. The number of anilines is 1. The van der Waals surface area contributed by atoms with E-state index in [4.69, 9.17) is 9.47 Å². The van der Waals surface area contributed by atoms with Crippen LogP contribution in [0.15, 0.2) is 42.5 Å². The molecule has 0 spiro atoms. The number of methoxy groups -OCH3 is 2. The molecule has 0 saturated carbocycles. The smallest absolute Gasteiger partial charge is 0.273 e. The molecule has 0 amide bonds. The van der Waals surface area contributed by atoms with E-state index in [1.807, 2.05) is 24.3 Å². The second kappa shape index (κ2) is 6.60. The molecule has 0 saturated heterocycles. The Hall–Kier alpha value is -2.76. The van der Waals surface area contributed by atoms with Crippen molar-refractivity contribution in [2.24, 2.45) is 0 Å². The number of nitro groups is 1. The largest absolute Gasteiger partial charge is 0.497 e. The number of non-ortho nitro benzene ring substituents is 1. The van der Waals surface area contributed by atoms with Gasteiger partial charge < -0.3 is 14.8 Å². The van der Waals surface area contributed by atoms with Crippen molar-refractivity contribution in [2.75, 3.05) is 19.5 Å². The number of rotatable bonds is 6. The molecular weight excluding hydrogens is 272 g/mol. The second-order valence-corrected chi connectivity index (χ2v) is 4.38. The third kappa shape index (κ3) is 3.85. The van der Waals surface area contributed by atoms with Gasteiger partial charge in [-0.25, -0.2) is 0 Å². The summed E-state index contributed by atoms with van der Waals surface area (Å²) in [6.07, 6.45) is 0. The van der Waals surface area contributed by atoms with Gasteiger partial charge in [0.05, 0.1) is 25.2 Å². The van der Waals surface area contributed by atoms with E-state index < -0.39 is 4.92 Å². The molecule has 0 unspecified atom stereocenters. The van der Waals surface area contributed by atoms with E-state index in [9.17, 15) is 10.1 Å². The molecule has 0 atom stereocenters. The number of nitrogens with one attached hydrogen (secondary N) is 1. The lowest BCUT2D eigenvalue weighted by Crippen LogP contribution is -2.01. The number of ether oxygens (including phenoxy) is 2. The third-order valence-corrected chi connectivity index (χ3v) is 2.96. The van der Waals surface area contributed by atoms with Gasteiger partial charge in [0.15, 0.2) is 0 Å². The van der Waals surface area contributed by atoms with Crippen molar-refractivity contribution in [2.45, 2.75) is 6.54 Å². The SMILES string of the molecule is COc1cccc(NCc2cc(OC)cc([N+](=O)[O-])c2)c1. The Bertz CT molecular complexity index is 643. The number of nitro benzene ring substituents is 1. The van der Waals surface area contributed by atoms with Crippen LogP contribution >= 0.6 is 0 Å². The van der Waals surface area contributed by atoms with E-state index in [0.29, 0.717) is 12.3 Å². The fraction of sp³-hybridized carbons (Fsp3) is 0.200. The van der Waals surface area contributed by atoms with E-state index in [1.54, 1.807) is 13.2 Å². The Kier molecular flexibility index (Phi) is 4.61. The quantitative estimate of drug-likeness (QED) is 0.652. The highest BCUT2D eigenvalue weighted by molar-refractivity contribution is 5.50. The van der Waals surface area contributed by atoms with Crippen molar-refractivity contribution in [3.05, 3.63) is 58.1 Å². The molecule has 0 aliphatic carbocycles. The first kappa shape index (κ1) is 14.6. The first-order chi connectivity index (χ1) is 10.1. The number of nitrogens with zero attached hydrogens (tertiary/aromatic N) is 1. The third-order valence-electron chi connectivity index (χ3n) is 2.96. The summed E-state index contributed by atoms with van der Waals surface area (Å²) in [5, 5.41) is 14.1. The van der Waals surface area contributed by atoms with Gasteiger partial charge in [-0.15, -0.1) is 0 Å². The lowest BCUT2D eigenvalue weighted by molar-refractivity contribution is -0.385. The first-order valence-electron chi connectivity index (χ1n) is 6.32. The van der Waals surface area contributed by atoms with Crippen molar-refractivity contribution in [3.63, 3.8) is 0 Å². The zero-order valence-electron chi connectivity index (χ0n) is 11.8. The van der Waals surface area contributed by atoms with Gasteiger partial charge >= 0.3 is 0 Å². The Morgan fingerprint density at radius 2 is 1.86 bits per heavy atom. The van der Waals surface area contributed by atoms with Crippen molar-refractivity contribution in [1.82, 2.24) is 0 Å². The van der Waals surface area contributed by atoms with E-state index in [-0.39, 0.29) is 5.69 Å². The molecule has 2 rings (SSSR count). The standard InChI is InChI=1S/C15H16N2O4/c1-20-14-5-3-4-12(8-14)16-10-11-6-13(17(18)19)9-15(7-11)21-2/h3-9,16H,10H2,1-2H3. The molecule has 2 aromatic rings. The summed E-state index contributed by atoms with van der Waals surface area (Å²) in [4.78, 5) is 10.5. The predicted octanol–water partition coefficient (Wildman–Crippen LogP) is 3.22. The van der Waals surface area contributed by atoms with Crippen LogP contribution in [-0.4, -0.2) is 19.1 Å². The number of hydrogen-bond donors (Lipinski definition) is 1. The predicted molar refractivity (Wildman–Crippen MR) is 80.0 cm³/mol. The molecule has 0 fully saturated rings. The molecule has 0 heterocycles. The van der Waals surface area contributed by atoms with Gasteiger partial charge in [-0.2, -0.15) is 0 Å². The summed E-state index contributed by atoms with van der Waals surface area (Å²) < 4.78 is 10.2. The van der Waals surface area contributed by atoms with Crippen molar-refractivity contribution < 1.29 is 14.4 Å². The summed E-state index contributed by atoms with van der Waals surface area (Å²) in [7, 11) is 3.09. The van der Waals surface area contributed by atoms with E-state index >= 15 is 0 Å². The molecule has 2 aromatic carbocycles. The molecule has 0 bridgehead atoms. The molecule has 6 heteroatoms.